The molecule has 24 heavy (non-hydrogen) atoms. The Balaban J connectivity index is 1.44. The van der Waals surface area contributed by atoms with E-state index in [1.807, 2.05) is 19.1 Å². The maximum Gasteiger partial charge on any atom is 0.222 e. The predicted molar refractivity (Wildman–Crippen MR) is 91.4 cm³/mol. The second-order valence-electron chi connectivity index (χ2n) is 6.20. The third kappa shape index (κ3) is 4.69. The number of carbonyl (C=O) groups is 1. The van der Waals surface area contributed by atoms with E-state index in [4.69, 9.17) is 9.15 Å². The smallest absolute Gasteiger partial charge is 0.222 e. The molecule has 1 atom stereocenters. The molecule has 1 unspecified atom stereocenters. The average Bonchev–Trinajstić information content (AvgIpc) is 2.99. The van der Waals surface area contributed by atoms with Crippen LogP contribution in [0.4, 0.5) is 0 Å². The van der Waals surface area contributed by atoms with Gasteiger partial charge in [0.25, 0.3) is 0 Å². The number of nitrogens with one attached hydrogen (secondary N) is 1. The van der Waals surface area contributed by atoms with Gasteiger partial charge in [-0.3, -0.25) is 9.69 Å². The summed E-state index contributed by atoms with van der Waals surface area (Å²) in [6.45, 7) is 5.66. The number of hydrogen-bond donors (Lipinski definition) is 1. The number of ether oxygens (including phenoxy) is 1. The largest absolute Gasteiger partial charge is 0.469 e. The zero-order valence-corrected chi connectivity index (χ0v) is 14.0. The van der Waals surface area contributed by atoms with Crippen LogP contribution in [-0.2, 0) is 22.6 Å². The number of nitrogens with zero attached hydrogens (tertiary/aromatic N) is 1. The quantitative estimate of drug-likeness (QED) is 0.885. The lowest BCUT2D eigenvalue weighted by molar-refractivity contribution is -0.126. The second-order valence-corrected chi connectivity index (χ2v) is 6.20. The Hall–Kier alpha value is -2.11. The summed E-state index contributed by atoms with van der Waals surface area (Å²) < 4.78 is 11.0. The van der Waals surface area contributed by atoms with Crippen LogP contribution in [0.1, 0.15) is 23.3 Å². The summed E-state index contributed by atoms with van der Waals surface area (Å²) in [5.41, 5.74) is 2.30. The normalized spacial score (nSPS) is 18.5. The lowest BCUT2D eigenvalue weighted by Crippen LogP contribution is -2.44. The molecule has 1 amide bonds. The minimum Gasteiger partial charge on any atom is -0.469 e. The van der Waals surface area contributed by atoms with Gasteiger partial charge in [0.05, 0.1) is 25.4 Å². The van der Waals surface area contributed by atoms with Gasteiger partial charge in [-0.25, -0.2) is 0 Å². The Labute approximate surface area is 142 Å². The molecule has 1 N–H and O–H groups in total. The van der Waals surface area contributed by atoms with Crippen LogP contribution in [0, 0.1) is 6.92 Å². The van der Waals surface area contributed by atoms with Crippen molar-refractivity contribution in [1.29, 1.82) is 0 Å². The van der Waals surface area contributed by atoms with Crippen LogP contribution in [0.2, 0.25) is 0 Å². The molecule has 1 aliphatic heterocycles. The topological polar surface area (TPSA) is 54.7 Å². The van der Waals surface area contributed by atoms with E-state index in [-0.39, 0.29) is 12.0 Å². The highest BCUT2D eigenvalue weighted by Crippen LogP contribution is 2.13. The van der Waals surface area contributed by atoms with Gasteiger partial charge in [-0.2, -0.15) is 0 Å². The zero-order chi connectivity index (χ0) is 16.8. The van der Waals surface area contributed by atoms with Crippen LogP contribution >= 0.6 is 0 Å². The van der Waals surface area contributed by atoms with Crippen molar-refractivity contribution >= 4 is 5.91 Å². The molecule has 128 valence electrons. The van der Waals surface area contributed by atoms with Gasteiger partial charge in [0.2, 0.25) is 5.91 Å². The molecule has 0 bridgehead atoms. The Morgan fingerprint density at radius 2 is 2.12 bits per heavy atom. The first-order chi connectivity index (χ1) is 11.7. The van der Waals surface area contributed by atoms with Gasteiger partial charge in [0.15, 0.2) is 0 Å². The van der Waals surface area contributed by atoms with Gasteiger partial charge in [0, 0.05) is 31.7 Å². The van der Waals surface area contributed by atoms with Crippen LogP contribution in [0.3, 0.4) is 0 Å². The number of hydrogen-bond acceptors (Lipinski definition) is 4. The fourth-order valence-electron chi connectivity index (χ4n) is 2.96. The number of furan rings is 1. The maximum atomic E-state index is 12.1. The first-order valence-electron chi connectivity index (χ1n) is 8.38. The van der Waals surface area contributed by atoms with Gasteiger partial charge in [-0.05, 0) is 18.6 Å². The van der Waals surface area contributed by atoms with Crippen molar-refractivity contribution in [2.45, 2.75) is 32.5 Å². The number of carbonyl (C=O) groups excluding carboxylic acids is 1. The molecule has 0 aliphatic carbocycles. The van der Waals surface area contributed by atoms with Gasteiger partial charge in [-0.15, -0.1) is 0 Å². The van der Waals surface area contributed by atoms with E-state index in [0.717, 1.165) is 31.0 Å². The lowest BCUT2D eigenvalue weighted by Gasteiger charge is -2.32. The minimum atomic E-state index is -0.0482. The van der Waals surface area contributed by atoms with Crippen LogP contribution in [0.25, 0.3) is 0 Å². The summed E-state index contributed by atoms with van der Waals surface area (Å²) >= 11 is 0. The molecular weight excluding hydrogens is 304 g/mol. The molecule has 3 rings (SSSR count). The number of rotatable bonds is 6. The highest BCUT2D eigenvalue weighted by Gasteiger charge is 2.23. The van der Waals surface area contributed by atoms with Crippen LogP contribution in [0.5, 0.6) is 0 Å². The van der Waals surface area contributed by atoms with Gasteiger partial charge >= 0.3 is 0 Å². The Morgan fingerprint density at radius 1 is 1.29 bits per heavy atom. The van der Waals surface area contributed by atoms with E-state index >= 15 is 0 Å². The van der Waals surface area contributed by atoms with Gasteiger partial charge in [0.1, 0.15) is 5.76 Å². The Morgan fingerprint density at radius 3 is 2.88 bits per heavy atom. The summed E-state index contributed by atoms with van der Waals surface area (Å²) in [6, 6.07) is 12.3. The minimum absolute atomic E-state index is 0.0159. The van der Waals surface area contributed by atoms with Crippen molar-refractivity contribution in [2.24, 2.45) is 0 Å². The fourth-order valence-corrected chi connectivity index (χ4v) is 2.96. The van der Waals surface area contributed by atoms with Crippen molar-refractivity contribution < 1.29 is 13.9 Å². The molecule has 0 radical (unpaired) electrons. The predicted octanol–water partition coefficient (Wildman–Crippen LogP) is 2.50. The summed E-state index contributed by atoms with van der Waals surface area (Å²) in [5.74, 6) is 0.861. The molecule has 1 aliphatic rings. The van der Waals surface area contributed by atoms with E-state index in [2.05, 4.69) is 34.5 Å². The number of morpholine rings is 1. The SMILES string of the molecule is Cc1occc1CNC(=O)CC1CN(Cc2ccccc2)CCO1. The van der Waals surface area contributed by atoms with Crippen LogP contribution in [0.15, 0.2) is 47.1 Å². The van der Waals surface area contributed by atoms with Crippen LogP contribution < -0.4 is 5.32 Å². The lowest BCUT2D eigenvalue weighted by atomic mass is 10.1. The standard InChI is InChI=1S/C19H24N2O3/c1-15-17(7-9-23-15)12-20-19(22)11-18-14-21(8-10-24-18)13-16-5-3-2-4-6-16/h2-7,9,18H,8,10-14H2,1H3,(H,20,22). The third-order valence-corrected chi connectivity index (χ3v) is 4.33. The molecule has 1 saturated heterocycles. The first-order valence-corrected chi connectivity index (χ1v) is 8.38. The van der Waals surface area contributed by atoms with E-state index in [0.29, 0.717) is 19.6 Å². The molecule has 5 nitrogen and oxygen atoms in total. The Kier molecular flexibility index (Phi) is 5.67. The summed E-state index contributed by atoms with van der Waals surface area (Å²) in [7, 11) is 0. The highest BCUT2D eigenvalue weighted by atomic mass is 16.5. The molecule has 2 aromatic rings. The molecule has 2 heterocycles. The van der Waals surface area contributed by atoms with Gasteiger partial charge < -0.3 is 14.5 Å². The molecule has 1 aromatic carbocycles. The second kappa shape index (κ2) is 8.13. The molecule has 5 heteroatoms. The number of benzene rings is 1. The van der Waals surface area contributed by atoms with E-state index in [1.54, 1.807) is 6.26 Å². The molecular formula is C19H24N2O3. The molecule has 0 spiro atoms. The number of amides is 1. The summed E-state index contributed by atoms with van der Waals surface area (Å²) in [5, 5.41) is 2.94. The first kappa shape index (κ1) is 16.7. The summed E-state index contributed by atoms with van der Waals surface area (Å²) in [4.78, 5) is 14.5. The van der Waals surface area contributed by atoms with Crippen molar-refractivity contribution in [3.8, 4) is 0 Å². The summed E-state index contributed by atoms with van der Waals surface area (Å²) in [6.07, 6.45) is 1.98. The fraction of sp³-hybridized carbons (Fsp3) is 0.421. The van der Waals surface area contributed by atoms with E-state index in [1.165, 1.54) is 5.56 Å². The van der Waals surface area contributed by atoms with E-state index < -0.39 is 0 Å². The highest BCUT2D eigenvalue weighted by molar-refractivity contribution is 5.76. The molecule has 1 fully saturated rings. The van der Waals surface area contributed by atoms with Crippen molar-refractivity contribution in [2.75, 3.05) is 19.7 Å². The van der Waals surface area contributed by atoms with Crippen LogP contribution in [-0.4, -0.2) is 36.6 Å². The van der Waals surface area contributed by atoms with Crippen molar-refractivity contribution in [3.63, 3.8) is 0 Å². The molecule has 0 saturated carbocycles. The molecule has 1 aromatic heterocycles. The average molecular weight is 328 g/mol. The van der Waals surface area contributed by atoms with E-state index in [9.17, 15) is 4.79 Å². The van der Waals surface area contributed by atoms with Crippen molar-refractivity contribution in [1.82, 2.24) is 10.2 Å². The maximum absolute atomic E-state index is 12.1. The zero-order valence-electron chi connectivity index (χ0n) is 14.0. The third-order valence-electron chi connectivity index (χ3n) is 4.33. The van der Waals surface area contributed by atoms with Crippen molar-refractivity contribution in [3.05, 3.63) is 59.5 Å². The monoisotopic (exact) mass is 328 g/mol. The van der Waals surface area contributed by atoms with Gasteiger partial charge in [-0.1, -0.05) is 30.3 Å². The Bertz CT molecular complexity index is 654. The number of aryl methyl sites for hydroxylation is 1.